The van der Waals surface area contributed by atoms with Gasteiger partial charge in [-0.2, -0.15) is 5.26 Å². The summed E-state index contributed by atoms with van der Waals surface area (Å²) in [5.74, 6) is -0.402. The molecule has 0 unspecified atom stereocenters. The van der Waals surface area contributed by atoms with Gasteiger partial charge in [0.25, 0.3) is 0 Å². The summed E-state index contributed by atoms with van der Waals surface area (Å²) in [6, 6.07) is 9.73. The van der Waals surface area contributed by atoms with Crippen molar-refractivity contribution in [3.63, 3.8) is 0 Å². The molecule has 0 amide bonds. The first-order valence-corrected chi connectivity index (χ1v) is 11.0. The molecular weight excluding hydrogens is 391 g/mol. The first-order chi connectivity index (χ1) is 13.8. The maximum Gasteiger partial charge on any atom is 0.242 e. The number of hydrogen-bond acceptors (Lipinski definition) is 4. The Bertz CT molecular complexity index is 1220. The van der Waals surface area contributed by atoms with Gasteiger partial charge in [-0.05, 0) is 63.4 Å². The Balaban J connectivity index is 1.89. The van der Waals surface area contributed by atoms with Crippen LogP contribution in [-0.2, 0) is 10.0 Å². The number of hydrogen-bond donors (Lipinski definition) is 1. The molecule has 0 bridgehead atoms. The van der Waals surface area contributed by atoms with E-state index in [1.165, 1.54) is 24.4 Å². The van der Waals surface area contributed by atoms with Crippen LogP contribution >= 0.6 is 0 Å². The molecule has 3 aromatic rings. The maximum absolute atomic E-state index is 13.9. The van der Waals surface area contributed by atoms with Crippen molar-refractivity contribution in [2.45, 2.75) is 50.1 Å². The molecular formula is C21H21FN4O2S. The molecule has 1 saturated carbocycles. The van der Waals surface area contributed by atoms with Crippen molar-refractivity contribution in [1.82, 2.24) is 14.3 Å². The third-order valence-electron chi connectivity index (χ3n) is 5.20. The molecule has 8 heteroatoms. The Kier molecular flexibility index (Phi) is 4.89. The summed E-state index contributed by atoms with van der Waals surface area (Å²) in [5.41, 5.74) is 2.25. The molecule has 1 aliphatic rings. The minimum Gasteiger partial charge on any atom is -0.335 e. The van der Waals surface area contributed by atoms with Gasteiger partial charge in [-0.25, -0.2) is 17.5 Å². The lowest BCUT2D eigenvalue weighted by Crippen LogP contribution is -2.30. The van der Waals surface area contributed by atoms with Crippen molar-refractivity contribution >= 4 is 20.9 Å². The molecule has 0 atom stereocenters. The third kappa shape index (κ3) is 3.41. The fourth-order valence-corrected chi connectivity index (χ4v) is 4.93. The summed E-state index contributed by atoms with van der Waals surface area (Å²) in [7, 11) is -3.66. The van der Waals surface area contributed by atoms with E-state index in [9.17, 15) is 18.1 Å². The molecule has 0 radical (unpaired) electrons. The highest BCUT2D eigenvalue weighted by atomic mass is 32.2. The topological polar surface area (TPSA) is 87.8 Å². The average molecular weight is 412 g/mol. The van der Waals surface area contributed by atoms with Gasteiger partial charge >= 0.3 is 0 Å². The van der Waals surface area contributed by atoms with E-state index in [2.05, 4.69) is 20.3 Å². The molecule has 1 aromatic carbocycles. The summed E-state index contributed by atoms with van der Waals surface area (Å²) in [4.78, 5) is 4.43. The Morgan fingerprint density at radius 3 is 2.59 bits per heavy atom. The molecule has 6 nitrogen and oxygen atoms in total. The Labute approximate surface area is 169 Å². The second-order valence-corrected chi connectivity index (χ2v) is 9.32. The molecule has 1 aliphatic carbocycles. The molecule has 2 aromatic heterocycles. The van der Waals surface area contributed by atoms with Gasteiger partial charge in [0, 0.05) is 23.7 Å². The van der Waals surface area contributed by atoms with Gasteiger partial charge in [0.15, 0.2) is 0 Å². The molecule has 0 saturated heterocycles. The lowest BCUT2D eigenvalue weighted by atomic mass is 9.92. The van der Waals surface area contributed by atoms with Crippen LogP contribution in [0, 0.1) is 17.1 Å². The van der Waals surface area contributed by atoms with Gasteiger partial charge in [0.2, 0.25) is 10.0 Å². The van der Waals surface area contributed by atoms with Gasteiger partial charge in [0.1, 0.15) is 16.8 Å². The number of halogens is 1. The monoisotopic (exact) mass is 412 g/mol. The molecule has 29 heavy (non-hydrogen) atoms. The Hall–Kier alpha value is -2.76. The van der Waals surface area contributed by atoms with E-state index < -0.39 is 15.8 Å². The molecule has 0 spiro atoms. The van der Waals surface area contributed by atoms with Crippen molar-refractivity contribution in [2.24, 2.45) is 0 Å². The van der Waals surface area contributed by atoms with E-state index in [4.69, 9.17) is 0 Å². The van der Waals surface area contributed by atoms with E-state index >= 15 is 0 Å². The second-order valence-electron chi connectivity index (χ2n) is 7.61. The number of pyridine rings is 1. The largest absolute Gasteiger partial charge is 0.335 e. The highest BCUT2D eigenvalue weighted by molar-refractivity contribution is 7.89. The highest BCUT2D eigenvalue weighted by Crippen LogP contribution is 2.42. The van der Waals surface area contributed by atoms with Gasteiger partial charge in [-0.3, -0.25) is 4.98 Å². The summed E-state index contributed by atoms with van der Waals surface area (Å²) in [5, 5.41) is 10.4. The predicted molar refractivity (Wildman–Crippen MR) is 108 cm³/mol. The van der Waals surface area contributed by atoms with E-state index in [1.54, 1.807) is 26.0 Å². The minimum atomic E-state index is -3.66. The van der Waals surface area contributed by atoms with Gasteiger partial charge in [-0.15, -0.1) is 0 Å². The van der Waals surface area contributed by atoms with Crippen LogP contribution in [0.3, 0.4) is 0 Å². The molecule has 0 aliphatic heterocycles. The fourth-order valence-electron chi connectivity index (χ4n) is 3.73. The van der Waals surface area contributed by atoms with E-state index in [-0.39, 0.29) is 17.0 Å². The van der Waals surface area contributed by atoms with Gasteiger partial charge in [-0.1, -0.05) is 0 Å². The number of benzene rings is 1. The Morgan fingerprint density at radius 1 is 1.28 bits per heavy atom. The van der Waals surface area contributed by atoms with Crippen molar-refractivity contribution in [2.75, 3.05) is 0 Å². The number of rotatable bonds is 5. The third-order valence-corrected chi connectivity index (χ3v) is 6.84. The molecule has 150 valence electrons. The van der Waals surface area contributed by atoms with Crippen LogP contribution in [0.15, 0.2) is 41.4 Å². The van der Waals surface area contributed by atoms with Crippen LogP contribution in [0.4, 0.5) is 4.39 Å². The zero-order valence-corrected chi connectivity index (χ0v) is 17.0. The first kappa shape index (κ1) is 19.6. The zero-order valence-electron chi connectivity index (χ0n) is 16.2. The van der Waals surface area contributed by atoms with Crippen molar-refractivity contribution in [3.8, 4) is 17.5 Å². The fraction of sp³-hybridized carbons (Fsp3) is 0.333. The van der Waals surface area contributed by atoms with Crippen molar-refractivity contribution in [3.05, 3.63) is 47.9 Å². The van der Waals surface area contributed by atoms with Crippen LogP contribution in [0.5, 0.6) is 0 Å². The van der Waals surface area contributed by atoms with Gasteiger partial charge in [0.05, 0.1) is 22.5 Å². The minimum absolute atomic E-state index is 0.0609. The predicted octanol–water partition coefficient (Wildman–Crippen LogP) is 4.13. The quantitative estimate of drug-likeness (QED) is 0.683. The van der Waals surface area contributed by atoms with Crippen LogP contribution in [0.1, 0.15) is 44.7 Å². The van der Waals surface area contributed by atoms with Crippen LogP contribution in [0.2, 0.25) is 0 Å². The maximum atomic E-state index is 13.9. The number of nitriles is 1. The highest BCUT2D eigenvalue weighted by Gasteiger charge is 2.28. The van der Waals surface area contributed by atoms with E-state index in [1.807, 2.05) is 0 Å². The number of aromatic nitrogens is 2. The number of sulfonamides is 1. The summed E-state index contributed by atoms with van der Waals surface area (Å²) in [6.45, 7) is 3.49. The smallest absolute Gasteiger partial charge is 0.242 e. The number of nitrogens with one attached hydrogen (secondary N) is 1. The summed E-state index contributed by atoms with van der Waals surface area (Å²) < 4.78 is 43.2. The van der Waals surface area contributed by atoms with Crippen molar-refractivity contribution < 1.29 is 12.8 Å². The first-order valence-electron chi connectivity index (χ1n) is 9.54. The lowest BCUT2D eigenvalue weighted by molar-refractivity contribution is 0.324. The van der Waals surface area contributed by atoms with E-state index in [0.717, 1.165) is 24.8 Å². The Morgan fingerprint density at radius 2 is 2.03 bits per heavy atom. The lowest BCUT2D eigenvalue weighted by Gasteiger charge is -2.30. The van der Waals surface area contributed by atoms with Crippen LogP contribution in [0.25, 0.3) is 22.3 Å². The summed E-state index contributed by atoms with van der Waals surface area (Å²) >= 11 is 0. The van der Waals surface area contributed by atoms with Gasteiger partial charge < -0.3 is 4.57 Å². The molecule has 4 rings (SSSR count). The summed E-state index contributed by atoms with van der Waals surface area (Å²) in [6.07, 6.45) is 4.34. The standard InChI is InChI=1S/C21H21FN4O2S/c1-13(2)25-29(27,28)16-7-8-19(24-12-16)21-18(11-23)17-10-14(22)6-9-20(17)26(21)15-4-3-5-15/h6-10,12-13,15,25H,3-5H2,1-2H3. The van der Waals surface area contributed by atoms with Crippen LogP contribution in [-0.4, -0.2) is 24.0 Å². The molecule has 2 heterocycles. The van der Waals surface area contributed by atoms with E-state index in [0.29, 0.717) is 22.3 Å². The molecule has 1 fully saturated rings. The van der Waals surface area contributed by atoms with Crippen molar-refractivity contribution in [1.29, 1.82) is 5.26 Å². The number of fused-ring (bicyclic) bond motifs is 1. The normalized spacial score (nSPS) is 14.9. The SMILES string of the molecule is CC(C)NS(=O)(=O)c1ccc(-c2c(C#N)c3cc(F)ccc3n2C2CCC2)nc1. The molecule has 1 N–H and O–H groups in total. The zero-order chi connectivity index (χ0) is 20.8. The second kappa shape index (κ2) is 7.25. The van der Waals surface area contributed by atoms with Crippen LogP contribution < -0.4 is 4.72 Å². The number of nitrogens with zero attached hydrogens (tertiary/aromatic N) is 3. The average Bonchev–Trinajstić information content (AvgIpc) is 2.92.